The maximum absolute atomic E-state index is 13.7. The maximum Gasteiger partial charge on any atom is 0.264 e. The first-order valence-electron chi connectivity index (χ1n) is 7.63. The molecule has 0 bridgehead atoms. The Kier molecular flexibility index (Phi) is 5.05. The Balaban J connectivity index is 1.53. The van der Waals surface area contributed by atoms with Crippen LogP contribution in [-0.2, 0) is 0 Å². The number of carbonyl (C=O) groups is 1. The first-order chi connectivity index (χ1) is 11.1. The Morgan fingerprint density at radius 1 is 1.17 bits per heavy atom. The summed E-state index contributed by atoms with van der Waals surface area (Å²) in [7, 11) is 0. The van der Waals surface area contributed by atoms with Crippen LogP contribution >= 0.6 is 11.3 Å². The van der Waals surface area contributed by atoms with Crippen LogP contribution in [0.4, 0.5) is 4.39 Å². The number of carbonyl (C=O) groups excluding carboxylic acids is 1. The van der Waals surface area contributed by atoms with Gasteiger partial charge in [0.1, 0.15) is 5.82 Å². The molecule has 1 aliphatic heterocycles. The molecule has 122 valence electrons. The number of β-amino-alcohol motifs (C(OH)–C–C–N with tert-alkyl or cyclic N) is 1. The molecule has 0 unspecified atom stereocenters. The lowest BCUT2D eigenvalue weighted by Crippen LogP contribution is -2.49. The average molecular weight is 334 g/mol. The number of thiophene rings is 1. The Hall–Kier alpha value is -1.76. The fourth-order valence-corrected chi connectivity index (χ4v) is 3.47. The van der Waals surface area contributed by atoms with Crippen molar-refractivity contribution in [2.75, 3.05) is 32.7 Å². The third-order valence-electron chi connectivity index (χ3n) is 4.09. The van der Waals surface area contributed by atoms with E-state index in [4.69, 9.17) is 0 Å². The van der Waals surface area contributed by atoms with Gasteiger partial charge >= 0.3 is 0 Å². The van der Waals surface area contributed by atoms with Gasteiger partial charge in [-0.1, -0.05) is 24.3 Å². The van der Waals surface area contributed by atoms with Crippen LogP contribution in [0.2, 0.25) is 0 Å². The van der Waals surface area contributed by atoms with E-state index in [0.717, 1.165) is 4.88 Å². The first kappa shape index (κ1) is 16.1. The van der Waals surface area contributed by atoms with E-state index in [1.165, 1.54) is 17.4 Å². The molecule has 1 amide bonds. The summed E-state index contributed by atoms with van der Waals surface area (Å²) in [6, 6.07) is 10.0. The molecule has 6 heteroatoms. The number of aliphatic hydroxyl groups is 1. The highest BCUT2D eigenvalue weighted by atomic mass is 32.1. The number of halogens is 1. The van der Waals surface area contributed by atoms with Crippen molar-refractivity contribution < 1.29 is 14.3 Å². The molecule has 0 aliphatic carbocycles. The van der Waals surface area contributed by atoms with Crippen LogP contribution in [0.15, 0.2) is 41.8 Å². The van der Waals surface area contributed by atoms with Crippen molar-refractivity contribution in [2.24, 2.45) is 0 Å². The molecule has 3 rings (SSSR count). The Labute approximate surface area is 138 Å². The number of nitrogens with zero attached hydrogens (tertiary/aromatic N) is 2. The van der Waals surface area contributed by atoms with Crippen LogP contribution in [0.5, 0.6) is 0 Å². The Morgan fingerprint density at radius 3 is 2.57 bits per heavy atom. The van der Waals surface area contributed by atoms with E-state index in [-0.39, 0.29) is 11.7 Å². The molecule has 1 N–H and O–H groups in total. The van der Waals surface area contributed by atoms with Gasteiger partial charge < -0.3 is 10.0 Å². The van der Waals surface area contributed by atoms with Gasteiger partial charge in [0.25, 0.3) is 5.91 Å². The van der Waals surface area contributed by atoms with E-state index < -0.39 is 6.10 Å². The van der Waals surface area contributed by atoms with E-state index in [1.54, 1.807) is 18.2 Å². The molecule has 0 radical (unpaired) electrons. The summed E-state index contributed by atoms with van der Waals surface area (Å²) in [6.45, 7) is 2.99. The number of hydrogen-bond donors (Lipinski definition) is 1. The maximum atomic E-state index is 13.7. The fourth-order valence-electron chi connectivity index (χ4n) is 2.78. The molecule has 2 heterocycles. The number of rotatable bonds is 4. The molecule has 1 aromatic carbocycles. The highest BCUT2D eigenvalue weighted by molar-refractivity contribution is 7.12. The summed E-state index contributed by atoms with van der Waals surface area (Å²) in [5, 5.41) is 12.1. The van der Waals surface area contributed by atoms with Crippen LogP contribution in [-0.4, -0.2) is 53.5 Å². The highest BCUT2D eigenvalue weighted by Crippen LogP contribution is 2.19. The highest BCUT2D eigenvalue weighted by Gasteiger charge is 2.24. The van der Waals surface area contributed by atoms with Crippen LogP contribution in [0.3, 0.4) is 0 Å². The summed E-state index contributed by atoms with van der Waals surface area (Å²) < 4.78 is 13.7. The normalized spacial score (nSPS) is 17.2. The molecule has 23 heavy (non-hydrogen) atoms. The SMILES string of the molecule is O=C(c1cccs1)N1CCN(C[C@H](O)c2ccccc2F)CC1. The molecule has 0 spiro atoms. The number of aliphatic hydroxyl groups excluding tert-OH is 1. The van der Waals surface area contributed by atoms with Crippen molar-refractivity contribution in [3.8, 4) is 0 Å². The van der Waals surface area contributed by atoms with Gasteiger partial charge in [-0.15, -0.1) is 11.3 Å². The van der Waals surface area contributed by atoms with Crippen LogP contribution < -0.4 is 0 Å². The molecular weight excluding hydrogens is 315 g/mol. The lowest BCUT2D eigenvalue weighted by atomic mass is 10.1. The predicted molar refractivity (Wildman–Crippen MR) is 88.0 cm³/mol. The molecule has 2 aromatic rings. The average Bonchev–Trinajstić information content (AvgIpc) is 3.09. The van der Waals surface area contributed by atoms with E-state index in [9.17, 15) is 14.3 Å². The second kappa shape index (κ2) is 7.21. The van der Waals surface area contributed by atoms with Crippen LogP contribution in [0, 0.1) is 5.82 Å². The summed E-state index contributed by atoms with van der Waals surface area (Å²) in [5.41, 5.74) is 0.324. The van der Waals surface area contributed by atoms with Gasteiger partial charge in [-0.05, 0) is 17.5 Å². The second-order valence-corrected chi connectivity index (χ2v) is 6.56. The second-order valence-electron chi connectivity index (χ2n) is 5.61. The van der Waals surface area contributed by atoms with Crippen molar-refractivity contribution in [2.45, 2.75) is 6.10 Å². The molecule has 1 saturated heterocycles. The summed E-state index contributed by atoms with van der Waals surface area (Å²) in [6.07, 6.45) is -0.851. The minimum Gasteiger partial charge on any atom is -0.387 e. The topological polar surface area (TPSA) is 43.8 Å². The molecule has 1 aromatic heterocycles. The zero-order valence-corrected chi connectivity index (χ0v) is 13.5. The number of benzene rings is 1. The largest absolute Gasteiger partial charge is 0.387 e. The Bertz CT molecular complexity index is 654. The molecular formula is C17H19FN2O2S. The van der Waals surface area contributed by atoms with Crippen molar-refractivity contribution in [1.82, 2.24) is 9.80 Å². The third kappa shape index (κ3) is 3.77. The van der Waals surface area contributed by atoms with E-state index in [2.05, 4.69) is 4.90 Å². The third-order valence-corrected chi connectivity index (χ3v) is 4.94. The van der Waals surface area contributed by atoms with Crippen LogP contribution in [0.1, 0.15) is 21.3 Å². The molecule has 1 aliphatic rings. The van der Waals surface area contributed by atoms with Crippen molar-refractivity contribution in [3.05, 3.63) is 58.0 Å². The predicted octanol–water partition coefficient (Wildman–Crippen LogP) is 2.38. The van der Waals surface area contributed by atoms with Crippen molar-refractivity contribution in [3.63, 3.8) is 0 Å². The van der Waals surface area contributed by atoms with Gasteiger partial charge in [-0.2, -0.15) is 0 Å². The number of piperazine rings is 1. The molecule has 1 fully saturated rings. The molecule has 0 saturated carbocycles. The monoisotopic (exact) mass is 334 g/mol. The molecule has 4 nitrogen and oxygen atoms in total. The fraction of sp³-hybridized carbons (Fsp3) is 0.353. The first-order valence-corrected chi connectivity index (χ1v) is 8.51. The van der Waals surface area contributed by atoms with Gasteiger partial charge in [0, 0.05) is 38.3 Å². The lowest BCUT2D eigenvalue weighted by Gasteiger charge is -2.35. The van der Waals surface area contributed by atoms with Gasteiger partial charge in [-0.3, -0.25) is 9.69 Å². The zero-order chi connectivity index (χ0) is 16.2. The molecule has 1 atom stereocenters. The van der Waals surface area contributed by atoms with Crippen molar-refractivity contribution >= 4 is 17.2 Å². The minimum absolute atomic E-state index is 0.0642. The van der Waals surface area contributed by atoms with Gasteiger partial charge in [0.15, 0.2) is 0 Å². The van der Waals surface area contributed by atoms with Crippen molar-refractivity contribution in [1.29, 1.82) is 0 Å². The van der Waals surface area contributed by atoms with E-state index in [0.29, 0.717) is 38.3 Å². The smallest absolute Gasteiger partial charge is 0.264 e. The van der Waals surface area contributed by atoms with Gasteiger partial charge in [0.05, 0.1) is 11.0 Å². The van der Waals surface area contributed by atoms with Crippen LogP contribution in [0.25, 0.3) is 0 Å². The Morgan fingerprint density at radius 2 is 1.91 bits per heavy atom. The quantitative estimate of drug-likeness (QED) is 0.934. The lowest BCUT2D eigenvalue weighted by molar-refractivity contribution is 0.0526. The number of hydrogen-bond acceptors (Lipinski definition) is 4. The van der Waals surface area contributed by atoms with Gasteiger partial charge in [-0.25, -0.2) is 4.39 Å². The summed E-state index contributed by atoms with van der Waals surface area (Å²) in [4.78, 5) is 16.9. The standard InChI is InChI=1S/C17H19FN2O2S/c18-14-5-2-1-4-13(14)15(21)12-19-7-9-20(10-8-19)17(22)16-6-3-11-23-16/h1-6,11,15,21H,7-10,12H2/t15-/m0/s1. The zero-order valence-electron chi connectivity index (χ0n) is 12.7. The van der Waals surface area contributed by atoms with Gasteiger partial charge in [0.2, 0.25) is 0 Å². The number of amides is 1. The van der Waals surface area contributed by atoms with E-state index >= 15 is 0 Å². The summed E-state index contributed by atoms with van der Waals surface area (Å²) in [5.74, 6) is -0.319. The summed E-state index contributed by atoms with van der Waals surface area (Å²) >= 11 is 1.45. The minimum atomic E-state index is -0.851. The van der Waals surface area contributed by atoms with E-state index in [1.807, 2.05) is 22.4 Å².